The Hall–Kier alpha value is -3.38. The summed E-state index contributed by atoms with van der Waals surface area (Å²) in [6, 6.07) is 16.6. The Kier molecular flexibility index (Phi) is 4.95. The highest BCUT2D eigenvalue weighted by molar-refractivity contribution is 6.02. The Labute approximate surface area is 163 Å². The molecule has 142 valence electrons. The van der Waals surface area contributed by atoms with Crippen molar-refractivity contribution in [3.8, 4) is 16.9 Å². The van der Waals surface area contributed by atoms with Gasteiger partial charge in [-0.25, -0.2) is 0 Å². The van der Waals surface area contributed by atoms with Crippen LogP contribution in [0.4, 0.5) is 5.69 Å². The number of fused-ring (bicyclic) bond motifs is 1. The van der Waals surface area contributed by atoms with Crippen molar-refractivity contribution in [2.24, 2.45) is 0 Å². The molecular formula is C22H21N3O3. The molecule has 0 saturated carbocycles. The molecule has 0 fully saturated rings. The van der Waals surface area contributed by atoms with Crippen LogP contribution in [0.2, 0.25) is 0 Å². The highest BCUT2D eigenvalue weighted by atomic mass is 16.5. The van der Waals surface area contributed by atoms with E-state index in [1.54, 1.807) is 24.4 Å². The lowest BCUT2D eigenvalue weighted by molar-refractivity contribution is 0.0597. The van der Waals surface area contributed by atoms with Gasteiger partial charge in [-0.2, -0.15) is 0 Å². The highest BCUT2D eigenvalue weighted by Gasteiger charge is 2.30. The van der Waals surface area contributed by atoms with Gasteiger partial charge in [0.05, 0.1) is 32.0 Å². The molecule has 1 aliphatic rings. The minimum atomic E-state index is -0.455. The molecule has 1 aromatic heterocycles. The Balaban J connectivity index is 1.64. The van der Waals surface area contributed by atoms with E-state index in [1.165, 1.54) is 0 Å². The summed E-state index contributed by atoms with van der Waals surface area (Å²) < 4.78 is 5.27. The summed E-state index contributed by atoms with van der Waals surface area (Å²) in [5.74, 6) is 0.577. The second kappa shape index (κ2) is 7.70. The third-order valence-electron chi connectivity index (χ3n) is 4.99. The summed E-state index contributed by atoms with van der Waals surface area (Å²) in [5, 5.41) is 13.3. The van der Waals surface area contributed by atoms with Gasteiger partial charge in [0.2, 0.25) is 0 Å². The van der Waals surface area contributed by atoms with E-state index in [9.17, 15) is 9.90 Å². The van der Waals surface area contributed by atoms with E-state index in [0.29, 0.717) is 18.0 Å². The molecule has 0 radical (unpaired) electrons. The predicted molar refractivity (Wildman–Crippen MR) is 107 cm³/mol. The maximum Gasteiger partial charge on any atom is 0.257 e. The Morgan fingerprint density at radius 3 is 2.71 bits per heavy atom. The minimum absolute atomic E-state index is 0.114. The lowest BCUT2D eigenvalue weighted by Gasteiger charge is -2.35. The third kappa shape index (κ3) is 3.30. The lowest BCUT2D eigenvalue weighted by atomic mass is 9.99. The lowest BCUT2D eigenvalue weighted by Crippen LogP contribution is -2.43. The third-order valence-corrected chi connectivity index (χ3v) is 4.99. The van der Waals surface area contributed by atoms with Gasteiger partial charge in [0, 0.05) is 18.1 Å². The fraction of sp³-hybridized carbons (Fsp3) is 0.182. The SMILES string of the molecule is COc1cccc([C@@H](CO)N2CNc3cc(-c4ccncc4)ccc3C2=O)c1. The average molecular weight is 375 g/mol. The van der Waals surface area contributed by atoms with Crippen LogP contribution in [-0.2, 0) is 0 Å². The standard InChI is InChI=1S/C22H21N3O3/c1-28-18-4-2-3-17(11-18)21(13-26)25-14-24-20-12-16(5-6-19(20)22(25)27)15-7-9-23-10-8-15/h2-12,21,24,26H,13-14H2,1H3/t21-/m1/s1. The molecule has 28 heavy (non-hydrogen) atoms. The molecule has 0 aliphatic carbocycles. The number of aliphatic hydroxyl groups excluding tert-OH is 1. The van der Waals surface area contributed by atoms with Crippen LogP contribution in [0.15, 0.2) is 67.0 Å². The van der Waals surface area contributed by atoms with Gasteiger partial charge in [-0.15, -0.1) is 0 Å². The molecule has 2 N–H and O–H groups in total. The van der Waals surface area contributed by atoms with E-state index in [-0.39, 0.29) is 12.5 Å². The van der Waals surface area contributed by atoms with Crippen LogP contribution in [0.1, 0.15) is 22.0 Å². The molecule has 0 unspecified atom stereocenters. The number of carbonyl (C=O) groups is 1. The normalized spacial score (nSPS) is 14.2. The summed E-state index contributed by atoms with van der Waals surface area (Å²) in [5.41, 5.74) is 4.26. The van der Waals surface area contributed by atoms with Crippen molar-refractivity contribution in [3.63, 3.8) is 0 Å². The van der Waals surface area contributed by atoms with Crippen molar-refractivity contribution in [1.82, 2.24) is 9.88 Å². The molecule has 2 heterocycles. The number of hydrogen-bond acceptors (Lipinski definition) is 5. The van der Waals surface area contributed by atoms with Crippen LogP contribution in [0.25, 0.3) is 11.1 Å². The molecule has 1 amide bonds. The summed E-state index contributed by atoms with van der Waals surface area (Å²) in [6.45, 7) is 0.138. The van der Waals surface area contributed by atoms with Gasteiger partial charge in [-0.1, -0.05) is 18.2 Å². The molecule has 3 aromatic rings. The number of hydrogen-bond donors (Lipinski definition) is 2. The zero-order valence-electron chi connectivity index (χ0n) is 15.5. The number of methoxy groups -OCH3 is 1. The van der Waals surface area contributed by atoms with E-state index in [1.807, 2.05) is 54.6 Å². The molecule has 0 saturated heterocycles. The molecule has 0 spiro atoms. The second-order valence-corrected chi connectivity index (χ2v) is 6.58. The highest BCUT2D eigenvalue weighted by Crippen LogP contribution is 2.32. The monoisotopic (exact) mass is 375 g/mol. The van der Waals surface area contributed by atoms with E-state index < -0.39 is 6.04 Å². The molecule has 6 nitrogen and oxygen atoms in total. The van der Waals surface area contributed by atoms with Crippen molar-refractivity contribution in [2.45, 2.75) is 6.04 Å². The number of aromatic nitrogens is 1. The minimum Gasteiger partial charge on any atom is -0.497 e. The first-order chi connectivity index (χ1) is 13.7. The number of pyridine rings is 1. The number of nitrogens with one attached hydrogen (secondary N) is 1. The quantitative estimate of drug-likeness (QED) is 0.716. The molecule has 0 bridgehead atoms. The maximum atomic E-state index is 13.1. The van der Waals surface area contributed by atoms with Gasteiger partial charge in [0.1, 0.15) is 5.75 Å². The molecule has 2 aromatic carbocycles. The van der Waals surface area contributed by atoms with Crippen molar-refractivity contribution in [1.29, 1.82) is 0 Å². The first-order valence-electron chi connectivity index (χ1n) is 9.05. The predicted octanol–water partition coefficient (Wildman–Crippen LogP) is 3.32. The van der Waals surface area contributed by atoms with Crippen molar-refractivity contribution in [3.05, 3.63) is 78.1 Å². The molecule has 4 rings (SSSR count). The maximum absolute atomic E-state index is 13.1. The van der Waals surface area contributed by atoms with Gasteiger partial charge in [0.15, 0.2) is 0 Å². The average Bonchev–Trinajstić information content (AvgIpc) is 2.76. The van der Waals surface area contributed by atoms with Crippen molar-refractivity contribution < 1.29 is 14.6 Å². The topological polar surface area (TPSA) is 74.7 Å². The molecule has 1 atom stereocenters. The summed E-state index contributed by atoms with van der Waals surface area (Å²) in [4.78, 5) is 18.8. The van der Waals surface area contributed by atoms with Crippen LogP contribution >= 0.6 is 0 Å². The van der Waals surface area contributed by atoms with Crippen LogP contribution < -0.4 is 10.1 Å². The molecule has 1 aliphatic heterocycles. The Bertz CT molecular complexity index is 991. The summed E-state index contributed by atoms with van der Waals surface area (Å²) >= 11 is 0. The Morgan fingerprint density at radius 2 is 1.96 bits per heavy atom. The van der Waals surface area contributed by atoms with Crippen LogP contribution in [0, 0.1) is 0 Å². The van der Waals surface area contributed by atoms with Crippen molar-refractivity contribution >= 4 is 11.6 Å². The van der Waals surface area contributed by atoms with E-state index in [0.717, 1.165) is 22.4 Å². The fourth-order valence-electron chi connectivity index (χ4n) is 3.48. The zero-order chi connectivity index (χ0) is 19.5. The zero-order valence-corrected chi connectivity index (χ0v) is 15.5. The van der Waals surface area contributed by atoms with Gasteiger partial charge in [-0.3, -0.25) is 9.78 Å². The summed E-state index contributed by atoms with van der Waals surface area (Å²) in [7, 11) is 1.59. The Morgan fingerprint density at radius 1 is 1.14 bits per heavy atom. The summed E-state index contributed by atoms with van der Waals surface area (Å²) in [6.07, 6.45) is 3.49. The van der Waals surface area contributed by atoms with Gasteiger partial charge in [0.25, 0.3) is 5.91 Å². The number of anilines is 1. The number of aliphatic hydroxyl groups is 1. The number of ether oxygens (including phenoxy) is 1. The number of amides is 1. The fourth-order valence-corrected chi connectivity index (χ4v) is 3.48. The van der Waals surface area contributed by atoms with E-state index >= 15 is 0 Å². The van der Waals surface area contributed by atoms with Crippen molar-refractivity contribution in [2.75, 3.05) is 25.7 Å². The van der Waals surface area contributed by atoms with E-state index in [2.05, 4.69) is 10.3 Å². The smallest absolute Gasteiger partial charge is 0.257 e. The van der Waals surface area contributed by atoms with Crippen LogP contribution in [0.5, 0.6) is 5.75 Å². The van der Waals surface area contributed by atoms with Crippen LogP contribution in [0.3, 0.4) is 0 Å². The first-order valence-corrected chi connectivity index (χ1v) is 9.05. The van der Waals surface area contributed by atoms with Crippen LogP contribution in [-0.4, -0.2) is 41.3 Å². The number of nitrogens with zero attached hydrogens (tertiary/aromatic N) is 2. The van der Waals surface area contributed by atoms with Gasteiger partial charge >= 0.3 is 0 Å². The number of carbonyl (C=O) groups excluding carboxylic acids is 1. The van der Waals surface area contributed by atoms with Gasteiger partial charge < -0.3 is 20.1 Å². The largest absolute Gasteiger partial charge is 0.497 e. The molecular weight excluding hydrogens is 354 g/mol. The number of benzene rings is 2. The van der Waals surface area contributed by atoms with E-state index in [4.69, 9.17) is 4.74 Å². The first kappa shape index (κ1) is 18.0. The molecule has 6 heteroatoms. The second-order valence-electron chi connectivity index (χ2n) is 6.58. The number of rotatable bonds is 5. The van der Waals surface area contributed by atoms with Gasteiger partial charge in [-0.05, 0) is 53.1 Å².